The van der Waals surface area contributed by atoms with Crippen molar-refractivity contribution < 1.29 is 0 Å². The van der Waals surface area contributed by atoms with Gasteiger partial charge in [-0.2, -0.15) is 0 Å². The van der Waals surface area contributed by atoms with Crippen LogP contribution in [0, 0.1) is 0 Å². The van der Waals surface area contributed by atoms with Gasteiger partial charge in [-0.1, -0.05) is 54.6 Å². The first kappa shape index (κ1) is 25.6. The number of aryl methyl sites for hydroxylation is 1. The number of pyridine rings is 1. The van der Waals surface area contributed by atoms with Crippen molar-refractivity contribution in [1.82, 2.24) is 14.1 Å². The van der Waals surface area contributed by atoms with Crippen LogP contribution in [0.4, 0.5) is 0 Å². The minimum Gasteiger partial charge on any atom is -0.310 e. The highest BCUT2D eigenvalue weighted by Gasteiger charge is 2.24. The van der Waals surface area contributed by atoms with Crippen LogP contribution in [-0.2, 0) is 19.3 Å². The maximum absolute atomic E-state index is 4.77. The predicted octanol–water partition coefficient (Wildman–Crippen LogP) is 10.1. The van der Waals surface area contributed by atoms with Crippen LogP contribution in [0.15, 0.2) is 97.4 Å². The predicted molar refractivity (Wildman–Crippen MR) is 184 cm³/mol. The third-order valence-electron chi connectivity index (χ3n) is 9.89. The maximum Gasteiger partial charge on any atom is 0.0537 e. The van der Waals surface area contributed by atoms with Gasteiger partial charge in [0, 0.05) is 51.8 Å². The molecule has 0 saturated carbocycles. The fourth-order valence-corrected chi connectivity index (χ4v) is 7.87. The Morgan fingerprint density at radius 2 is 1.27 bits per heavy atom. The number of hydrogen-bond acceptors (Lipinski definition) is 1. The summed E-state index contributed by atoms with van der Waals surface area (Å²) in [7, 11) is 0. The van der Waals surface area contributed by atoms with E-state index in [0.717, 1.165) is 56.9 Å². The molecular weight excluding hydrogens is 534 g/mol. The van der Waals surface area contributed by atoms with Gasteiger partial charge in [0.05, 0.1) is 5.52 Å². The number of aromatic nitrogens is 3. The van der Waals surface area contributed by atoms with Gasteiger partial charge >= 0.3 is 0 Å². The Labute approximate surface area is 258 Å². The second kappa shape index (κ2) is 10.4. The average Bonchev–Trinajstić information content (AvgIpc) is 3.62. The summed E-state index contributed by atoms with van der Waals surface area (Å²) in [5.41, 5.74) is 17.3. The summed E-state index contributed by atoms with van der Waals surface area (Å²) in [5.74, 6) is 0. The van der Waals surface area contributed by atoms with Crippen molar-refractivity contribution in [3.63, 3.8) is 0 Å². The molecule has 0 spiro atoms. The first-order valence-corrected chi connectivity index (χ1v) is 16.2. The molecule has 0 radical (unpaired) electrons. The summed E-state index contributed by atoms with van der Waals surface area (Å²) in [5, 5.41) is 1.38. The monoisotopic (exact) mass is 569 g/mol. The highest BCUT2D eigenvalue weighted by Crippen LogP contribution is 2.39. The molecule has 44 heavy (non-hydrogen) atoms. The zero-order chi connectivity index (χ0) is 29.0. The highest BCUT2D eigenvalue weighted by atomic mass is 15.0. The van der Waals surface area contributed by atoms with Gasteiger partial charge in [-0.3, -0.25) is 4.98 Å². The molecule has 3 nitrogen and oxygen atoms in total. The van der Waals surface area contributed by atoms with Crippen LogP contribution in [0.25, 0.3) is 57.2 Å². The molecule has 0 fully saturated rings. The molecular formula is C41H35N3. The van der Waals surface area contributed by atoms with E-state index in [0.29, 0.717) is 0 Å². The van der Waals surface area contributed by atoms with E-state index in [1.807, 2.05) is 12.4 Å². The molecule has 3 heteroatoms. The molecule has 0 bridgehead atoms. The van der Waals surface area contributed by atoms with Crippen molar-refractivity contribution in [1.29, 1.82) is 0 Å². The lowest BCUT2D eigenvalue weighted by Gasteiger charge is -2.19. The van der Waals surface area contributed by atoms with E-state index in [9.17, 15) is 0 Å². The number of hydrogen-bond donors (Lipinski definition) is 0. The van der Waals surface area contributed by atoms with Crippen LogP contribution in [0.2, 0.25) is 0 Å². The van der Waals surface area contributed by atoms with Crippen LogP contribution < -0.4 is 0 Å². The second-order valence-corrected chi connectivity index (χ2v) is 12.5. The lowest BCUT2D eigenvalue weighted by Crippen LogP contribution is -2.04. The summed E-state index contributed by atoms with van der Waals surface area (Å²) in [4.78, 5) is 4.77. The summed E-state index contributed by atoms with van der Waals surface area (Å²) in [6.45, 7) is 0. The minimum atomic E-state index is 1.02. The van der Waals surface area contributed by atoms with Crippen LogP contribution >= 0.6 is 0 Å². The molecule has 2 aromatic carbocycles. The number of rotatable bonds is 4. The lowest BCUT2D eigenvalue weighted by molar-refractivity contribution is 0.922. The van der Waals surface area contributed by atoms with Crippen molar-refractivity contribution in [2.24, 2.45) is 0 Å². The Hall–Kier alpha value is -4.89. The van der Waals surface area contributed by atoms with Crippen LogP contribution in [0.3, 0.4) is 0 Å². The van der Waals surface area contributed by atoms with E-state index >= 15 is 0 Å². The second-order valence-electron chi connectivity index (χ2n) is 12.5. The van der Waals surface area contributed by atoms with Crippen LogP contribution in [-0.4, -0.2) is 14.1 Å². The van der Waals surface area contributed by atoms with Crippen molar-refractivity contribution in [3.05, 3.63) is 137 Å². The average molecular weight is 570 g/mol. The van der Waals surface area contributed by atoms with E-state index in [1.165, 1.54) is 61.6 Å². The highest BCUT2D eigenvalue weighted by molar-refractivity contribution is 5.94. The maximum atomic E-state index is 4.77. The van der Waals surface area contributed by atoms with Gasteiger partial charge < -0.3 is 9.13 Å². The van der Waals surface area contributed by atoms with Crippen molar-refractivity contribution in [2.75, 3.05) is 0 Å². The van der Waals surface area contributed by atoms with Crippen molar-refractivity contribution in [2.45, 2.75) is 51.4 Å². The molecule has 9 rings (SSSR count). The molecule has 0 unspecified atom stereocenters. The standard InChI is InChI=1S/C41H35N3/c1-5-19-38-34(15-1)35-16-2-6-20-39(35)43(38)32-13-9-11-28(24-32)30-23-31(27-42-26-30)29-12-10-14-33(25-29)44-40-21-7-3-17-36(40)37-18-4-8-22-41(37)44/h1,5-8,10,12-15,19-27H,2-4,9,11,16-18H2. The smallest absolute Gasteiger partial charge is 0.0537 e. The van der Waals surface area contributed by atoms with Gasteiger partial charge in [-0.15, -0.1) is 0 Å². The zero-order valence-electron chi connectivity index (χ0n) is 25.0. The van der Waals surface area contributed by atoms with Crippen molar-refractivity contribution >= 4 is 40.4 Å². The number of nitrogens with zero attached hydrogens (tertiary/aromatic N) is 3. The third kappa shape index (κ3) is 4.06. The molecule has 214 valence electrons. The first-order chi connectivity index (χ1) is 21.8. The van der Waals surface area contributed by atoms with Crippen molar-refractivity contribution in [3.8, 4) is 16.8 Å². The largest absolute Gasteiger partial charge is 0.310 e. The molecule has 3 aromatic heterocycles. The molecule has 0 N–H and O–H groups in total. The number of para-hydroxylation sites is 1. The number of benzene rings is 2. The van der Waals surface area contributed by atoms with E-state index in [4.69, 9.17) is 4.98 Å². The summed E-state index contributed by atoms with van der Waals surface area (Å²) >= 11 is 0. The Morgan fingerprint density at radius 1 is 0.568 bits per heavy atom. The fourth-order valence-electron chi connectivity index (χ4n) is 7.87. The number of fused-ring (bicyclic) bond motifs is 6. The summed E-state index contributed by atoms with van der Waals surface area (Å²) < 4.78 is 4.95. The van der Waals surface area contributed by atoms with E-state index in [-0.39, 0.29) is 0 Å². The lowest BCUT2D eigenvalue weighted by atomic mass is 9.94. The molecule has 4 aliphatic carbocycles. The normalized spacial score (nSPS) is 16.8. The molecule has 0 atom stereocenters. The quantitative estimate of drug-likeness (QED) is 0.211. The third-order valence-corrected chi connectivity index (χ3v) is 9.89. The van der Waals surface area contributed by atoms with E-state index in [1.54, 1.807) is 11.1 Å². The SMILES string of the molecule is C1=Cc2c(c3c(n2-c2cccc(-c4cncc(C5=CC(n6c7c(c8ccccc86)CCC=C7)=CCC5)c4)c2)C=CCC3)CC1. The van der Waals surface area contributed by atoms with Gasteiger partial charge in [-0.25, -0.2) is 0 Å². The van der Waals surface area contributed by atoms with Gasteiger partial charge in [0.2, 0.25) is 0 Å². The van der Waals surface area contributed by atoms with Gasteiger partial charge in [0.1, 0.15) is 0 Å². The van der Waals surface area contributed by atoms with Crippen LogP contribution in [0.5, 0.6) is 0 Å². The molecule has 0 saturated heterocycles. The Balaban J connectivity index is 1.10. The molecule has 4 aliphatic rings. The number of allylic oxidation sites excluding steroid dienone is 7. The van der Waals surface area contributed by atoms with Gasteiger partial charge in [-0.05, 0) is 133 Å². The Bertz CT molecular complexity index is 2080. The minimum absolute atomic E-state index is 1.02. The van der Waals surface area contributed by atoms with Gasteiger partial charge in [0.15, 0.2) is 0 Å². The first-order valence-electron chi connectivity index (χ1n) is 16.2. The molecule has 5 aromatic rings. The van der Waals surface area contributed by atoms with Gasteiger partial charge in [0.25, 0.3) is 0 Å². The molecule has 3 heterocycles. The fraction of sp³-hybridized carbons (Fsp3) is 0.195. The van der Waals surface area contributed by atoms with E-state index < -0.39 is 0 Å². The topological polar surface area (TPSA) is 22.8 Å². The Kier molecular flexibility index (Phi) is 6.04. The van der Waals surface area contributed by atoms with Crippen LogP contribution in [0.1, 0.15) is 71.4 Å². The van der Waals surface area contributed by atoms with E-state index in [2.05, 4.69) is 112 Å². The molecule has 0 amide bonds. The summed E-state index contributed by atoms with van der Waals surface area (Å²) in [6, 6.07) is 20.2. The summed E-state index contributed by atoms with van der Waals surface area (Å²) in [6.07, 6.45) is 31.6. The Morgan fingerprint density at radius 3 is 2.07 bits per heavy atom. The zero-order valence-corrected chi connectivity index (χ0v) is 25.0. The molecule has 0 aliphatic heterocycles.